The average Bonchev–Trinajstić information content (AvgIpc) is 2.27. The third-order valence-corrected chi connectivity index (χ3v) is 4.27. The Labute approximate surface area is 106 Å². The second-order valence-electron chi connectivity index (χ2n) is 6.90. The van der Waals surface area contributed by atoms with Crippen molar-refractivity contribution >= 4 is 5.91 Å². The van der Waals surface area contributed by atoms with E-state index in [-0.39, 0.29) is 5.91 Å². The molecule has 0 bridgehead atoms. The van der Waals surface area contributed by atoms with Crippen LogP contribution in [-0.2, 0) is 4.79 Å². The van der Waals surface area contributed by atoms with E-state index in [9.17, 15) is 4.79 Å². The van der Waals surface area contributed by atoms with E-state index in [2.05, 4.69) is 13.8 Å². The zero-order valence-corrected chi connectivity index (χ0v) is 12.0. The van der Waals surface area contributed by atoms with Crippen molar-refractivity contribution in [2.24, 2.45) is 16.6 Å². The van der Waals surface area contributed by atoms with Gasteiger partial charge in [-0.1, -0.05) is 13.8 Å². The second kappa shape index (κ2) is 4.97. The molecule has 3 nitrogen and oxygen atoms in total. The molecule has 17 heavy (non-hydrogen) atoms. The van der Waals surface area contributed by atoms with Crippen molar-refractivity contribution in [2.75, 3.05) is 13.6 Å². The van der Waals surface area contributed by atoms with Crippen LogP contribution in [0.5, 0.6) is 0 Å². The molecule has 0 aromatic heterocycles. The Morgan fingerprint density at radius 2 is 1.82 bits per heavy atom. The lowest BCUT2D eigenvalue weighted by molar-refractivity contribution is -0.141. The van der Waals surface area contributed by atoms with Crippen LogP contribution < -0.4 is 5.73 Å². The molecule has 1 amide bonds. The number of carbonyl (C=O) groups excluding carboxylic acids is 1. The Hall–Kier alpha value is -0.570. The lowest BCUT2D eigenvalue weighted by Gasteiger charge is -2.40. The van der Waals surface area contributed by atoms with Crippen LogP contribution in [0.4, 0.5) is 0 Å². The summed E-state index contributed by atoms with van der Waals surface area (Å²) in [6, 6.07) is 0.404. The molecule has 0 atom stereocenters. The van der Waals surface area contributed by atoms with Gasteiger partial charge in [-0.15, -0.1) is 0 Å². The first kappa shape index (κ1) is 14.5. The quantitative estimate of drug-likeness (QED) is 0.823. The Morgan fingerprint density at radius 1 is 1.35 bits per heavy atom. The highest BCUT2D eigenvalue weighted by atomic mass is 16.2. The predicted octanol–water partition coefficient (Wildman–Crippen LogP) is 2.40. The minimum Gasteiger partial charge on any atom is -0.342 e. The Bertz CT molecular complexity index is 274. The maximum absolute atomic E-state index is 12.3. The van der Waals surface area contributed by atoms with E-state index in [0.717, 1.165) is 12.8 Å². The van der Waals surface area contributed by atoms with Gasteiger partial charge in [-0.2, -0.15) is 0 Å². The first-order chi connectivity index (χ1) is 7.69. The third-order valence-electron chi connectivity index (χ3n) is 4.27. The molecule has 2 N–H and O–H groups in total. The van der Waals surface area contributed by atoms with Crippen molar-refractivity contribution in [3.8, 4) is 0 Å². The molecule has 0 aromatic carbocycles. The highest BCUT2D eigenvalue weighted by molar-refractivity contribution is 5.82. The summed E-state index contributed by atoms with van der Waals surface area (Å²) in [5.41, 5.74) is 5.69. The molecular formula is C14H28N2O. The van der Waals surface area contributed by atoms with E-state index in [0.29, 0.717) is 18.0 Å². The highest BCUT2D eigenvalue weighted by Crippen LogP contribution is 2.37. The van der Waals surface area contributed by atoms with Crippen LogP contribution in [0.25, 0.3) is 0 Å². The smallest absolute Gasteiger partial charge is 0.229 e. The maximum Gasteiger partial charge on any atom is 0.229 e. The van der Waals surface area contributed by atoms with Crippen LogP contribution in [0.2, 0.25) is 0 Å². The average molecular weight is 240 g/mol. The number of nitrogens with two attached hydrogens (primary N) is 1. The number of carbonyl (C=O) groups is 1. The number of nitrogens with zero attached hydrogens (tertiary/aromatic N) is 1. The molecule has 1 aliphatic rings. The van der Waals surface area contributed by atoms with E-state index in [1.807, 2.05) is 25.8 Å². The number of rotatable bonds is 3. The standard InChI is InChI=1S/C14H28N2O/c1-13(2)8-6-11(7-9-13)16(5)12(17)14(3,4)10-15/h11H,6-10,15H2,1-5H3. The summed E-state index contributed by atoms with van der Waals surface area (Å²) in [5, 5.41) is 0. The molecule has 0 saturated heterocycles. The molecule has 1 fully saturated rings. The van der Waals surface area contributed by atoms with Crippen molar-refractivity contribution < 1.29 is 4.79 Å². The first-order valence-electron chi connectivity index (χ1n) is 6.67. The normalized spacial score (nSPS) is 21.3. The fourth-order valence-corrected chi connectivity index (χ4v) is 2.50. The van der Waals surface area contributed by atoms with Gasteiger partial charge in [-0.05, 0) is 44.9 Å². The first-order valence-corrected chi connectivity index (χ1v) is 6.67. The molecule has 0 aliphatic heterocycles. The summed E-state index contributed by atoms with van der Waals surface area (Å²) in [6.45, 7) is 8.90. The lowest BCUT2D eigenvalue weighted by Crippen LogP contribution is -2.48. The molecule has 0 unspecified atom stereocenters. The van der Waals surface area contributed by atoms with E-state index >= 15 is 0 Å². The summed E-state index contributed by atoms with van der Waals surface area (Å²) in [4.78, 5) is 14.2. The molecule has 0 heterocycles. The van der Waals surface area contributed by atoms with Crippen LogP contribution >= 0.6 is 0 Å². The van der Waals surface area contributed by atoms with Gasteiger partial charge in [0.15, 0.2) is 0 Å². The molecule has 100 valence electrons. The van der Waals surface area contributed by atoms with Crippen molar-refractivity contribution in [2.45, 2.75) is 59.4 Å². The predicted molar refractivity (Wildman–Crippen MR) is 71.6 cm³/mol. The van der Waals surface area contributed by atoms with Gasteiger partial charge in [0.2, 0.25) is 5.91 Å². The van der Waals surface area contributed by atoms with E-state index in [4.69, 9.17) is 5.73 Å². The fraction of sp³-hybridized carbons (Fsp3) is 0.929. The van der Waals surface area contributed by atoms with Crippen molar-refractivity contribution in [1.82, 2.24) is 4.90 Å². The van der Waals surface area contributed by atoms with Gasteiger partial charge < -0.3 is 10.6 Å². The van der Waals surface area contributed by atoms with Crippen molar-refractivity contribution in [1.29, 1.82) is 0 Å². The largest absolute Gasteiger partial charge is 0.342 e. The summed E-state index contributed by atoms with van der Waals surface area (Å²) in [7, 11) is 1.93. The molecular weight excluding hydrogens is 212 g/mol. The summed E-state index contributed by atoms with van der Waals surface area (Å²) in [5.74, 6) is 0.185. The van der Waals surface area contributed by atoms with Crippen LogP contribution in [-0.4, -0.2) is 30.4 Å². The topological polar surface area (TPSA) is 46.3 Å². The fourth-order valence-electron chi connectivity index (χ4n) is 2.50. The van der Waals surface area contributed by atoms with Gasteiger partial charge in [0, 0.05) is 19.6 Å². The minimum atomic E-state index is -0.429. The zero-order valence-electron chi connectivity index (χ0n) is 12.0. The van der Waals surface area contributed by atoms with Gasteiger partial charge in [0.05, 0.1) is 5.41 Å². The minimum absolute atomic E-state index is 0.185. The van der Waals surface area contributed by atoms with Gasteiger partial charge in [0.1, 0.15) is 0 Å². The molecule has 0 radical (unpaired) electrons. The van der Waals surface area contributed by atoms with Gasteiger partial charge in [0.25, 0.3) is 0 Å². The molecule has 1 aliphatic carbocycles. The highest BCUT2D eigenvalue weighted by Gasteiger charge is 2.35. The maximum atomic E-state index is 12.3. The number of hydrogen-bond acceptors (Lipinski definition) is 2. The number of hydrogen-bond donors (Lipinski definition) is 1. The van der Waals surface area contributed by atoms with Crippen LogP contribution in [0.15, 0.2) is 0 Å². The van der Waals surface area contributed by atoms with Crippen LogP contribution in [0, 0.1) is 10.8 Å². The molecule has 1 saturated carbocycles. The SMILES string of the molecule is CN(C(=O)C(C)(C)CN)C1CCC(C)(C)CC1. The summed E-state index contributed by atoms with van der Waals surface area (Å²) < 4.78 is 0. The number of amides is 1. The van der Waals surface area contributed by atoms with E-state index < -0.39 is 5.41 Å². The van der Waals surface area contributed by atoms with Crippen LogP contribution in [0.1, 0.15) is 53.4 Å². The summed E-state index contributed by atoms with van der Waals surface area (Å²) in [6.07, 6.45) is 4.66. The Balaban J connectivity index is 2.60. The summed E-state index contributed by atoms with van der Waals surface area (Å²) >= 11 is 0. The molecule has 3 heteroatoms. The third kappa shape index (κ3) is 3.44. The zero-order chi connectivity index (χ0) is 13.3. The molecule has 0 spiro atoms. The van der Waals surface area contributed by atoms with Crippen LogP contribution in [0.3, 0.4) is 0 Å². The van der Waals surface area contributed by atoms with Crippen molar-refractivity contribution in [3.63, 3.8) is 0 Å². The Morgan fingerprint density at radius 3 is 2.24 bits per heavy atom. The lowest BCUT2D eigenvalue weighted by atomic mass is 9.75. The van der Waals surface area contributed by atoms with E-state index in [1.165, 1.54) is 12.8 Å². The monoisotopic (exact) mass is 240 g/mol. The molecule has 0 aromatic rings. The van der Waals surface area contributed by atoms with Gasteiger partial charge in [-0.3, -0.25) is 4.79 Å². The van der Waals surface area contributed by atoms with Gasteiger partial charge >= 0.3 is 0 Å². The van der Waals surface area contributed by atoms with E-state index in [1.54, 1.807) is 0 Å². The van der Waals surface area contributed by atoms with Gasteiger partial charge in [-0.25, -0.2) is 0 Å². The second-order valence-corrected chi connectivity index (χ2v) is 6.90. The Kier molecular flexibility index (Phi) is 4.23. The molecule has 1 rings (SSSR count). The van der Waals surface area contributed by atoms with Crippen molar-refractivity contribution in [3.05, 3.63) is 0 Å².